The summed E-state index contributed by atoms with van der Waals surface area (Å²) in [6, 6.07) is 0. The molecule has 2 aliphatic carbocycles. The van der Waals surface area contributed by atoms with Crippen LogP contribution in [0.1, 0.15) is 12.8 Å². The number of hydrogen-bond acceptors (Lipinski definition) is 3. The molecule has 2 rings (SSSR count). The summed E-state index contributed by atoms with van der Waals surface area (Å²) in [5, 5.41) is 0.583. The normalized spacial score (nSPS) is 37.6. The molecule has 0 amide bonds. The third-order valence-corrected chi connectivity index (χ3v) is 4.79. The quantitative estimate of drug-likeness (QED) is 0.605. The Morgan fingerprint density at radius 3 is 2.75 bits per heavy atom. The number of carbonyl (C=O) groups excluding carboxylic acids is 1. The van der Waals surface area contributed by atoms with Crippen LogP contribution in [-0.2, 0) is 0 Å². The number of allylic oxidation sites excluding steroid dienone is 2. The molecule has 1 saturated carbocycles. The first-order valence-corrected chi connectivity index (χ1v) is 6.33. The molecule has 12 heavy (non-hydrogen) atoms. The molecule has 2 aliphatic rings. The van der Waals surface area contributed by atoms with Crippen LogP contribution in [0, 0.1) is 11.8 Å². The fourth-order valence-electron chi connectivity index (χ4n) is 2.04. The van der Waals surface area contributed by atoms with Gasteiger partial charge in [-0.1, -0.05) is 35.7 Å². The van der Waals surface area contributed by atoms with Gasteiger partial charge in [0.1, 0.15) is 0 Å². The van der Waals surface area contributed by atoms with Gasteiger partial charge in [-0.15, -0.1) is 0 Å². The first kappa shape index (κ1) is 8.70. The maximum Gasteiger partial charge on any atom is 0.246 e. The van der Waals surface area contributed by atoms with Gasteiger partial charge in [0.15, 0.2) is 0 Å². The van der Waals surface area contributed by atoms with E-state index in [0.29, 0.717) is 11.2 Å². The van der Waals surface area contributed by atoms with Gasteiger partial charge in [-0.3, -0.25) is 4.79 Å². The molecule has 0 radical (unpaired) electrons. The zero-order valence-corrected chi connectivity index (χ0v) is 8.66. The van der Waals surface area contributed by atoms with Crippen LogP contribution in [0.2, 0.25) is 0 Å². The van der Waals surface area contributed by atoms with Crippen molar-refractivity contribution in [1.29, 1.82) is 0 Å². The molecular weight excluding hydrogens is 188 g/mol. The van der Waals surface area contributed by atoms with Crippen LogP contribution in [-0.4, -0.2) is 16.0 Å². The summed E-state index contributed by atoms with van der Waals surface area (Å²) in [6.45, 7) is 0. The van der Waals surface area contributed by atoms with Gasteiger partial charge in [-0.05, 0) is 30.9 Å². The number of thioether (sulfide) groups is 2. The lowest BCUT2D eigenvalue weighted by Crippen LogP contribution is -2.10. The van der Waals surface area contributed by atoms with Gasteiger partial charge in [0.25, 0.3) is 0 Å². The molecule has 0 N–H and O–H groups in total. The molecule has 0 saturated heterocycles. The van der Waals surface area contributed by atoms with Crippen molar-refractivity contribution in [3.63, 3.8) is 0 Å². The summed E-state index contributed by atoms with van der Waals surface area (Å²) in [6.07, 6.45) is 8.97. The third-order valence-electron chi connectivity index (χ3n) is 2.63. The van der Waals surface area contributed by atoms with Gasteiger partial charge in [0, 0.05) is 5.25 Å². The maximum atomic E-state index is 11.1. The van der Waals surface area contributed by atoms with Gasteiger partial charge >= 0.3 is 0 Å². The average molecular weight is 200 g/mol. The van der Waals surface area contributed by atoms with Gasteiger partial charge in [-0.2, -0.15) is 0 Å². The third kappa shape index (κ3) is 1.57. The predicted octanol–water partition coefficient (Wildman–Crippen LogP) is 3.17. The Balaban J connectivity index is 1.91. The van der Waals surface area contributed by atoms with Gasteiger partial charge < -0.3 is 0 Å². The van der Waals surface area contributed by atoms with E-state index in [4.69, 9.17) is 0 Å². The average Bonchev–Trinajstić information content (AvgIpc) is 2.64. The summed E-state index contributed by atoms with van der Waals surface area (Å²) < 4.78 is 0.279. The van der Waals surface area contributed by atoms with E-state index < -0.39 is 0 Å². The van der Waals surface area contributed by atoms with E-state index in [-0.39, 0.29) is 4.45 Å². The number of carbonyl (C=O) groups is 1. The zero-order chi connectivity index (χ0) is 8.55. The predicted molar refractivity (Wildman–Crippen MR) is 55.6 cm³/mol. The van der Waals surface area contributed by atoms with Gasteiger partial charge in [0.2, 0.25) is 4.45 Å². The van der Waals surface area contributed by atoms with Crippen LogP contribution in [0.25, 0.3) is 0 Å². The second-order valence-electron chi connectivity index (χ2n) is 3.39. The minimum Gasteiger partial charge on any atom is -0.274 e. The monoisotopic (exact) mass is 200 g/mol. The molecule has 0 unspecified atom stereocenters. The standard InChI is InChI=1S/C9H12OS2/c1-11-9(10)12-8-5-6-2-3-7(8)4-6/h2-3,6-8H,4-5H2,1H3/t6-,7-,8+/m0/s1. The fraction of sp³-hybridized carbons (Fsp3) is 0.667. The summed E-state index contributed by atoms with van der Waals surface area (Å²) in [4.78, 5) is 11.1. The highest BCUT2D eigenvalue weighted by Gasteiger charge is 2.36. The highest BCUT2D eigenvalue weighted by Crippen LogP contribution is 2.45. The Labute approximate surface area is 81.4 Å². The molecule has 1 nitrogen and oxygen atoms in total. The number of hydrogen-bond donors (Lipinski definition) is 0. The lowest BCUT2D eigenvalue weighted by Gasteiger charge is -2.15. The van der Waals surface area contributed by atoms with Crippen LogP contribution in [0.15, 0.2) is 12.2 Å². The van der Waals surface area contributed by atoms with Crippen LogP contribution < -0.4 is 0 Å². The van der Waals surface area contributed by atoms with E-state index in [9.17, 15) is 4.79 Å². The molecular formula is C9H12OS2. The van der Waals surface area contributed by atoms with E-state index in [1.165, 1.54) is 24.6 Å². The molecule has 0 aromatic rings. The Morgan fingerprint density at radius 1 is 1.42 bits per heavy atom. The van der Waals surface area contributed by atoms with Crippen molar-refractivity contribution in [2.24, 2.45) is 11.8 Å². The summed E-state index contributed by atoms with van der Waals surface area (Å²) >= 11 is 2.88. The van der Waals surface area contributed by atoms with Crippen LogP contribution >= 0.6 is 23.5 Å². The topological polar surface area (TPSA) is 17.1 Å². The maximum absolute atomic E-state index is 11.1. The first-order valence-electron chi connectivity index (χ1n) is 4.22. The molecule has 2 bridgehead atoms. The number of rotatable bonds is 1. The number of fused-ring (bicyclic) bond motifs is 2. The second-order valence-corrected chi connectivity index (χ2v) is 5.64. The minimum atomic E-state index is 0.279. The van der Waals surface area contributed by atoms with E-state index in [1.807, 2.05) is 6.26 Å². The Kier molecular flexibility index (Phi) is 2.51. The molecule has 3 heteroatoms. The zero-order valence-electron chi connectivity index (χ0n) is 7.03. The minimum absolute atomic E-state index is 0.279. The van der Waals surface area contributed by atoms with Crippen molar-refractivity contribution < 1.29 is 4.79 Å². The Hall–Kier alpha value is 0.110. The molecule has 0 aliphatic heterocycles. The summed E-state index contributed by atoms with van der Waals surface area (Å²) in [7, 11) is 0. The molecule has 0 aromatic carbocycles. The van der Waals surface area contributed by atoms with Crippen molar-refractivity contribution in [3.05, 3.63) is 12.2 Å². The SMILES string of the molecule is CSC(=O)S[C@@H]1C[C@H]2C=C[C@H]1C2. The summed E-state index contributed by atoms with van der Waals surface area (Å²) in [5.74, 6) is 1.47. The highest BCUT2D eigenvalue weighted by molar-refractivity contribution is 8.38. The molecule has 0 aromatic heterocycles. The summed E-state index contributed by atoms with van der Waals surface area (Å²) in [5.41, 5.74) is 0. The van der Waals surface area contributed by atoms with Crippen molar-refractivity contribution in [2.75, 3.05) is 6.26 Å². The molecule has 0 spiro atoms. The lowest BCUT2D eigenvalue weighted by atomic mass is 10.1. The first-order chi connectivity index (χ1) is 5.79. The lowest BCUT2D eigenvalue weighted by molar-refractivity contribution is 0.276. The highest BCUT2D eigenvalue weighted by atomic mass is 32.2. The van der Waals surface area contributed by atoms with Crippen molar-refractivity contribution in [2.45, 2.75) is 18.1 Å². The van der Waals surface area contributed by atoms with Crippen LogP contribution in [0.4, 0.5) is 4.79 Å². The molecule has 66 valence electrons. The van der Waals surface area contributed by atoms with E-state index in [2.05, 4.69) is 12.2 Å². The largest absolute Gasteiger partial charge is 0.274 e. The van der Waals surface area contributed by atoms with Crippen molar-refractivity contribution >= 4 is 28.0 Å². The van der Waals surface area contributed by atoms with Gasteiger partial charge in [0.05, 0.1) is 0 Å². The fourth-order valence-corrected chi connectivity index (χ4v) is 3.76. The smallest absolute Gasteiger partial charge is 0.246 e. The molecule has 0 heterocycles. The molecule has 1 fully saturated rings. The van der Waals surface area contributed by atoms with E-state index >= 15 is 0 Å². The van der Waals surface area contributed by atoms with Crippen LogP contribution in [0.5, 0.6) is 0 Å². The van der Waals surface area contributed by atoms with Gasteiger partial charge in [-0.25, -0.2) is 0 Å². The second kappa shape index (κ2) is 3.46. The Bertz CT molecular complexity index is 225. The van der Waals surface area contributed by atoms with Crippen LogP contribution in [0.3, 0.4) is 0 Å². The molecule has 3 atom stereocenters. The van der Waals surface area contributed by atoms with Crippen molar-refractivity contribution in [3.8, 4) is 0 Å². The van der Waals surface area contributed by atoms with E-state index in [1.54, 1.807) is 11.8 Å². The van der Waals surface area contributed by atoms with Crippen molar-refractivity contribution in [1.82, 2.24) is 0 Å². The Morgan fingerprint density at radius 2 is 2.25 bits per heavy atom. The van der Waals surface area contributed by atoms with E-state index in [0.717, 1.165) is 5.92 Å².